The van der Waals surface area contributed by atoms with Gasteiger partial charge in [0.2, 0.25) is 10.0 Å². The van der Waals surface area contributed by atoms with Gasteiger partial charge in [0.1, 0.15) is 4.90 Å². The van der Waals surface area contributed by atoms with Crippen molar-refractivity contribution in [3.63, 3.8) is 0 Å². The normalized spacial score (nSPS) is 20.8. The highest BCUT2D eigenvalue weighted by molar-refractivity contribution is 7.99. The monoisotopic (exact) mass is 306 g/mol. The number of nitrogen functional groups attached to an aromatic ring is 1. The van der Waals surface area contributed by atoms with Gasteiger partial charge >= 0.3 is 0 Å². The molecular formula is C11H15ClN2O2S2. The van der Waals surface area contributed by atoms with E-state index in [9.17, 15) is 8.42 Å². The second-order valence-electron chi connectivity index (χ2n) is 4.22. The van der Waals surface area contributed by atoms with Gasteiger partial charge in [0.05, 0.1) is 5.69 Å². The summed E-state index contributed by atoms with van der Waals surface area (Å²) in [5.74, 6) is 1.91. The molecule has 0 aromatic heterocycles. The molecule has 1 unspecified atom stereocenters. The second-order valence-corrected chi connectivity index (χ2v) is 7.49. The van der Waals surface area contributed by atoms with Crippen LogP contribution in [0.4, 0.5) is 5.69 Å². The molecule has 2 rings (SSSR count). The van der Waals surface area contributed by atoms with Gasteiger partial charge in [-0.15, -0.1) is 0 Å². The highest BCUT2D eigenvalue weighted by Gasteiger charge is 2.23. The molecule has 1 aliphatic rings. The van der Waals surface area contributed by atoms with Gasteiger partial charge in [-0.1, -0.05) is 11.6 Å². The maximum atomic E-state index is 12.2. The molecular weight excluding hydrogens is 292 g/mol. The Bertz CT molecular complexity index is 528. The van der Waals surface area contributed by atoms with Crippen molar-refractivity contribution in [1.82, 2.24) is 4.72 Å². The zero-order valence-corrected chi connectivity index (χ0v) is 12.1. The summed E-state index contributed by atoms with van der Waals surface area (Å²) in [7, 11) is -3.55. The number of halogens is 1. The highest BCUT2D eigenvalue weighted by atomic mass is 35.5. The predicted molar refractivity (Wildman–Crippen MR) is 76.5 cm³/mol. The number of anilines is 1. The summed E-state index contributed by atoms with van der Waals surface area (Å²) in [5, 5.41) is 0.430. The molecule has 0 saturated carbocycles. The SMILES string of the molecule is Nc1cc(Cl)ccc1S(=O)(=O)NC1CCCSC1. The van der Waals surface area contributed by atoms with Gasteiger partial charge < -0.3 is 5.73 Å². The first-order valence-electron chi connectivity index (χ1n) is 5.64. The molecule has 0 aliphatic carbocycles. The minimum atomic E-state index is -3.55. The van der Waals surface area contributed by atoms with Crippen molar-refractivity contribution < 1.29 is 8.42 Å². The van der Waals surface area contributed by atoms with E-state index in [-0.39, 0.29) is 16.6 Å². The van der Waals surface area contributed by atoms with Crippen LogP contribution in [-0.4, -0.2) is 26.0 Å². The topological polar surface area (TPSA) is 72.2 Å². The number of thioether (sulfide) groups is 1. The van der Waals surface area contributed by atoms with Gasteiger partial charge in [-0.05, 0) is 36.8 Å². The molecule has 1 saturated heterocycles. The molecule has 1 heterocycles. The van der Waals surface area contributed by atoms with Crippen LogP contribution in [0.25, 0.3) is 0 Å². The number of rotatable bonds is 3. The molecule has 0 spiro atoms. The zero-order valence-electron chi connectivity index (χ0n) is 9.73. The third-order valence-corrected chi connectivity index (χ3v) is 5.79. The van der Waals surface area contributed by atoms with E-state index in [0.29, 0.717) is 5.02 Å². The predicted octanol–water partition coefficient (Wildman–Crippen LogP) is 2.10. The number of nitrogens with one attached hydrogen (secondary N) is 1. The molecule has 1 aromatic rings. The summed E-state index contributed by atoms with van der Waals surface area (Å²) in [5.41, 5.74) is 5.88. The summed E-state index contributed by atoms with van der Waals surface area (Å²) >= 11 is 7.53. The van der Waals surface area contributed by atoms with E-state index < -0.39 is 10.0 Å². The van der Waals surface area contributed by atoms with Crippen LogP contribution in [0.3, 0.4) is 0 Å². The number of hydrogen-bond donors (Lipinski definition) is 2. The third-order valence-electron chi connectivity index (χ3n) is 2.74. The summed E-state index contributed by atoms with van der Waals surface area (Å²) in [4.78, 5) is 0.0995. The van der Waals surface area contributed by atoms with Crippen molar-refractivity contribution in [1.29, 1.82) is 0 Å². The van der Waals surface area contributed by atoms with E-state index in [1.54, 1.807) is 11.8 Å². The first-order valence-corrected chi connectivity index (χ1v) is 8.66. The highest BCUT2D eigenvalue weighted by Crippen LogP contribution is 2.24. The lowest BCUT2D eigenvalue weighted by molar-refractivity contribution is 0.543. The standard InChI is InChI=1S/C11H15ClN2O2S2/c12-8-3-4-11(10(13)6-8)18(15,16)14-9-2-1-5-17-7-9/h3-4,6,9,14H,1-2,5,7,13H2. The number of sulfonamides is 1. The Morgan fingerprint density at radius 1 is 1.44 bits per heavy atom. The molecule has 4 nitrogen and oxygen atoms in total. The average molecular weight is 307 g/mol. The Hall–Kier alpha value is -0.430. The Morgan fingerprint density at radius 3 is 2.83 bits per heavy atom. The molecule has 0 radical (unpaired) electrons. The van der Waals surface area contributed by atoms with Crippen molar-refractivity contribution in [2.24, 2.45) is 0 Å². The van der Waals surface area contributed by atoms with Crippen molar-refractivity contribution in [3.05, 3.63) is 23.2 Å². The fraction of sp³-hybridized carbons (Fsp3) is 0.455. The van der Waals surface area contributed by atoms with E-state index >= 15 is 0 Å². The van der Waals surface area contributed by atoms with Gasteiger partial charge in [0.15, 0.2) is 0 Å². The van der Waals surface area contributed by atoms with Crippen LogP contribution in [-0.2, 0) is 10.0 Å². The Morgan fingerprint density at radius 2 is 2.22 bits per heavy atom. The van der Waals surface area contributed by atoms with Gasteiger partial charge in [0, 0.05) is 16.8 Å². The fourth-order valence-electron chi connectivity index (χ4n) is 1.88. The van der Waals surface area contributed by atoms with E-state index in [4.69, 9.17) is 17.3 Å². The Labute approximate surface area is 116 Å². The molecule has 100 valence electrons. The lowest BCUT2D eigenvalue weighted by Crippen LogP contribution is -2.38. The van der Waals surface area contributed by atoms with Gasteiger partial charge in [0.25, 0.3) is 0 Å². The van der Waals surface area contributed by atoms with Crippen LogP contribution in [0.5, 0.6) is 0 Å². The quantitative estimate of drug-likeness (QED) is 0.839. The van der Waals surface area contributed by atoms with E-state index in [1.807, 2.05) is 0 Å². The largest absolute Gasteiger partial charge is 0.398 e. The molecule has 7 heteroatoms. The Kier molecular flexibility index (Phi) is 4.42. The molecule has 1 aliphatic heterocycles. The average Bonchev–Trinajstić information content (AvgIpc) is 2.29. The smallest absolute Gasteiger partial charge is 0.242 e. The zero-order chi connectivity index (χ0) is 13.2. The molecule has 1 aromatic carbocycles. The van der Waals surface area contributed by atoms with Gasteiger partial charge in [-0.2, -0.15) is 11.8 Å². The fourth-order valence-corrected chi connectivity index (χ4v) is 4.62. The summed E-state index contributed by atoms with van der Waals surface area (Å²) in [6.45, 7) is 0. The van der Waals surface area contributed by atoms with E-state index in [0.717, 1.165) is 24.3 Å². The Balaban J connectivity index is 2.19. The maximum absolute atomic E-state index is 12.2. The van der Waals surface area contributed by atoms with Gasteiger partial charge in [-0.3, -0.25) is 0 Å². The van der Waals surface area contributed by atoms with Crippen molar-refractivity contribution in [3.8, 4) is 0 Å². The number of benzene rings is 1. The van der Waals surface area contributed by atoms with Gasteiger partial charge in [-0.25, -0.2) is 13.1 Å². The molecule has 1 atom stereocenters. The maximum Gasteiger partial charge on any atom is 0.242 e. The molecule has 3 N–H and O–H groups in total. The molecule has 0 bridgehead atoms. The lowest BCUT2D eigenvalue weighted by atomic mass is 10.2. The van der Waals surface area contributed by atoms with Crippen molar-refractivity contribution >= 4 is 39.1 Å². The van der Waals surface area contributed by atoms with Crippen molar-refractivity contribution in [2.75, 3.05) is 17.2 Å². The summed E-state index contributed by atoms with van der Waals surface area (Å²) in [6, 6.07) is 4.41. The first kappa shape index (κ1) is 14.0. The van der Waals surface area contributed by atoms with Crippen LogP contribution in [0.15, 0.2) is 23.1 Å². The number of hydrogen-bond acceptors (Lipinski definition) is 4. The molecule has 1 fully saturated rings. The molecule has 0 amide bonds. The van der Waals surface area contributed by atoms with Crippen LogP contribution >= 0.6 is 23.4 Å². The summed E-state index contributed by atoms with van der Waals surface area (Å²) in [6.07, 6.45) is 1.91. The summed E-state index contributed by atoms with van der Waals surface area (Å²) < 4.78 is 27.1. The number of nitrogens with two attached hydrogens (primary N) is 1. The van der Waals surface area contributed by atoms with Crippen molar-refractivity contribution in [2.45, 2.75) is 23.8 Å². The molecule has 18 heavy (non-hydrogen) atoms. The first-order chi connectivity index (χ1) is 8.49. The van der Waals surface area contributed by atoms with E-state index in [1.165, 1.54) is 18.2 Å². The van der Waals surface area contributed by atoms with Crippen LogP contribution in [0.1, 0.15) is 12.8 Å². The second kappa shape index (κ2) is 5.69. The minimum Gasteiger partial charge on any atom is -0.398 e. The lowest BCUT2D eigenvalue weighted by Gasteiger charge is -2.22. The minimum absolute atomic E-state index is 0.0103. The third kappa shape index (κ3) is 3.32. The van der Waals surface area contributed by atoms with Crippen LogP contribution in [0, 0.1) is 0 Å². The van der Waals surface area contributed by atoms with Crippen LogP contribution in [0.2, 0.25) is 5.02 Å². The van der Waals surface area contributed by atoms with Crippen LogP contribution < -0.4 is 10.5 Å². The van der Waals surface area contributed by atoms with E-state index in [2.05, 4.69) is 4.72 Å².